The summed E-state index contributed by atoms with van der Waals surface area (Å²) in [5.41, 5.74) is 0.687. The van der Waals surface area contributed by atoms with Crippen LogP contribution in [0.4, 0.5) is 0 Å². The molecule has 2 amide bonds. The number of amides is 2. The molecule has 2 aromatic rings. The van der Waals surface area contributed by atoms with E-state index in [1.165, 1.54) is 6.07 Å². The Kier molecular flexibility index (Phi) is 9.45. The number of nitrogens with zero attached hydrogens (tertiary/aromatic N) is 3. The van der Waals surface area contributed by atoms with Crippen molar-refractivity contribution < 1.29 is 28.4 Å². The standard InChI is InChI=1S/C26H31Cl2N3O6/c1-2-35-26(34)17-5-3-10-30(15-17)24(32)9-11-31(16-19-6-4-12-36-19)25(33)22-14-23(37-29-22)20-8-7-18(27)13-21(20)28/h7-8,13-14,17,19H,2-6,9-12,15-16H2,1H3/t17-,19+/m1/s1. The van der Waals surface area contributed by atoms with Gasteiger partial charge < -0.3 is 23.8 Å². The van der Waals surface area contributed by atoms with E-state index in [9.17, 15) is 14.4 Å². The average Bonchev–Trinajstić information content (AvgIpc) is 3.59. The predicted molar refractivity (Wildman–Crippen MR) is 137 cm³/mol. The van der Waals surface area contributed by atoms with Crippen molar-refractivity contribution in [2.45, 2.75) is 45.1 Å². The first-order chi connectivity index (χ1) is 17.9. The Balaban J connectivity index is 1.43. The summed E-state index contributed by atoms with van der Waals surface area (Å²) in [5, 5.41) is 4.84. The fourth-order valence-electron chi connectivity index (χ4n) is 4.71. The van der Waals surface area contributed by atoms with Gasteiger partial charge in [-0.25, -0.2) is 0 Å². The lowest BCUT2D eigenvalue weighted by atomic mass is 9.98. The van der Waals surface area contributed by atoms with Crippen LogP contribution in [0.25, 0.3) is 11.3 Å². The Hall–Kier alpha value is -2.62. The molecule has 4 rings (SSSR count). The van der Waals surface area contributed by atoms with E-state index < -0.39 is 0 Å². The van der Waals surface area contributed by atoms with Gasteiger partial charge in [0.05, 0.1) is 23.7 Å². The lowest BCUT2D eigenvalue weighted by molar-refractivity contribution is -0.151. The van der Waals surface area contributed by atoms with Crippen LogP contribution >= 0.6 is 23.2 Å². The first-order valence-corrected chi connectivity index (χ1v) is 13.4. The fourth-order valence-corrected chi connectivity index (χ4v) is 5.21. The number of carbonyl (C=O) groups is 3. The summed E-state index contributed by atoms with van der Waals surface area (Å²) in [7, 11) is 0. The van der Waals surface area contributed by atoms with Gasteiger partial charge in [-0.2, -0.15) is 0 Å². The van der Waals surface area contributed by atoms with Crippen LogP contribution < -0.4 is 0 Å². The largest absolute Gasteiger partial charge is 0.466 e. The number of benzene rings is 1. The van der Waals surface area contributed by atoms with Crippen LogP contribution in [0.2, 0.25) is 10.0 Å². The average molecular weight is 552 g/mol. The second-order valence-corrected chi connectivity index (χ2v) is 10.1. The highest BCUT2D eigenvalue weighted by Crippen LogP contribution is 2.31. The first kappa shape index (κ1) is 27.4. The number of rotatable bonds is 9. The highest BCUT2D eigenvalue weighted by atomic mass is 35.5. The molecule has 2 aliphatic heterocycles. The molecule has 37 heavy (non-hydrogen) atoms. The van der Waals surface area contributed by atoms with Gasteiger partial charge in [0.1, 0.15) is 0 Å². The van der Waals surface area contributed by atoms with Gasteiger partial charge in [-0.05, 0) is 50.8 Å². The summed E-state index contributed by atoms with van der Waals surface area (Å²) in [5.74, 6) is -0.691. The number of piperidine rings is 1. The molecule has 1 aromatic carbocycles. The normalized spacial score (nSPS) is 19.6. The van der Waals surface area contributed by atoms with Crippen molar-refractivity contribution in [3.63, 3.8) is 0 Å². The summed E-state index contributed by atoms with van der Waals surface area (Å²) in [4.78, 5) is 41.9. The van der Waals surface area contributed by atoms with Crippen LogP contribution in [0.15, 0.2) is 28.8 Å². The number of halogens is 2. The summed E-state index contributed by atoms with van der Waals surface area (Å²) in [6.07, 6.45) is 3.25. The quantitative estimate of drug-likeness (QED) is 0.424. The minimum Gasteiger partial charge on any atom is -0.466 e. The number of ether oxygens (including phenoxy) is 2. The SMILES string of the molecule is CCOC(=O)[C@@H]1CCCN(C(=O)CCN(C[C@@H]2CCCO2)C(=O)c2cc(-c3ccc(Cl)cc3Cl)on2)C1. The second-order valence-electron chi connectivity index (χ2n) is 9.27. The predicted octanol–water partition coefficient (Wildman–Crippen LogP) is 4.46. The van der Waals surface area contributed by atoms with Crippen molar-refractivity contribution in [2.75, 3.05) is 39.4 Å². The molecular formula is C26H31Cl2N3O6. The molecular weight excluding hydrogens is 521 g/mol. The molecule has 2 atom stereocenters. The molecule has 0 N–H and O–H groups in total. The molecule has 0 aliphatic carbocycles. The van der Waals surface area contributed by atoms with Crippen molar-refractivity contribution in [1.82, 2.24) is 15.0 Å². The molecule has 2 fully saturated rings. The van der Waals surface area contributed by atoms with Gasteiger partial charge in [-0.15, -0.1) is 0 Å². The van der Waals surface area contributed by atoms with Crippen LogP contribution in [0.5, 0.6) is 0 Å². The van der Waals surface area contributed by atoms with E-state index >= 15 is 0 Å². The molecule has 0 bridgehead atoms. The number of hydrogen-bond donors (Lipinski definition) is 0. The van der Waals surface area contributed by atoms with Gasteiger partial charge in [0.15, 0.2) is 11.5 Å². The van der Waals surface area contributed by atoms with E-state index in [1.807, 2.05) is 0 Å². The van der Waals surface area contributed by atoms with Gasteiger partial charge in [-0.3, -0.25) is 14.4 Å². The zero-order valence-electron chi connectivity index (χ0n) is 20.8. The molecule has 2 saturated heterocycles. The molecule has 1 aromatic heterocycles. The Labute approximate surface area is 225 Å². The first-order valence-electron chi connectivity index (χ1n) is 12.6. The number of aromatic nitrogens is 1. The van der Waals surface area contributed by atoms with Gasteiger partial charge in [0, 0.05) is 55.9 Å². The maximum absolute atomic E-state index is 13.4. The van der Waals surface area contributed by atoms with E-state index in [1.54, 1.807) is 34.9 Å². The Bertz CT molecular complexity index is 1120. The van der Waals surface area contributed by atoms with Crippen molar-refractivity contribution in [2.24, 2.45) is 5.92 Å². The Morgan fingerprint density at radius 2 is 2.03 bits per heavy atom. The molecule has 200 valence electrons. The molecule has 0 radical (unpaired) electrons. The Morgan fingerprint density at radius 3 is 2.76 bits per heavy atom. The highest BCUT2D eigenvalue weighted by molar-refractivity contribution is 6.36. The summed E-state index contributed by atoms with van der Waals surface area (Å²) >= 11 is 12.3. The zero-order valence-corrected chi connectivity index (χ0v) is 22.3. The smallest absolute Gasteiger partial charge is 0.310 e. The van der Waals surface area contributed by atoms with Crippen LogP contribution in [-0.4, -0.2) is 78.2 Å². The maximum atomic E-state index is 13.4. The maximum Gasteiger partial charge on any atom is 0.310 e. The number of hydrogen-bond acceptors (Lipinski definition) is 7. The topological polar surface area (TPSA) is 102 Å². The van der Waals surface area contributed by atoms with Crippen LogP contribution in [-0.2, 0) is 19.1 Å². The third-order valence-electron chi connectivity index (χ3n) is 6.65. The highest BCUT2D eigenvalue weighted by Gasteiger charge is 2.31. The zero-order chi connectivity index (χ0) is 26.4. The van der Waals surface area contributed by atoms with Gasteiger partial charge in [0.25, 0.3) is 5.91 Å². The van der Waals surface area contributed by atoms with Gasteiger partial charge in [0.2, 0.25) is 5.91 Å². The van der Waals surface area contributed by atoms with E-state index in [0.717, 1.165) is 19.3 Å². The van der Waals surface area contributed by atoms with Crippen molar-refractivity contribution in [3.8, 4) is 11.3 Å². The van der Waals surface area contributed by atoms with Crippen LogP contribution in [0.3, 0.4) is 0 Å². The third-order valence-corrected chi connectivity index (χ3v) is 7.20. The van der Waals surface area contributed by atoms with Crippen LogP contribution in [0, 0.1) is 5.92 Å². The molecule has 9 nitrogen and oxygen atoms in total. The summed E-state index contributed by atoms with van der Waals surface area (Å²) < 4.78 is 16.3. The minimum absolute atomic E-state index is 0.0979. The van der Waals surface area contributed by atoms with Crippen molar-refractivity contribution in [3.05, 3.63) is 40.0 Å². The summed E-state index contributed by atoms with van der Waals surface area (Å²) in [6, 6.07) is 6.50. The van der Waals surface area contributed by atoms with E-state index in [-0.39, 0.29) is 48.5 Å². The lowest BCUT2D eigenvalue weighted by Crippen LogP contribution is -2.45. The van der Waals surface area contributed by atoms with Gasteiger partial charge >= 0.3 is 5.97 Å². The van der Waals surface area contributed by atoms with E-state index in [2.05, 4.69) is 5.16 Å². The number of likely N-dealkylation sites (tertiary alicyclic amines) is 1. The monoisotopic (exact) mass is 551 g/mol. The van der Waals surface area contributed by atoms with E-state index in [4.69, 9.17) is 37.2 Å². The molecule has 0 saturated carbocycles. The van der Waals surface area contributed by atoms with Crippen LogP contribution in [0.1, 0.15) is 49.5 Å². The molecule has 0 unspecified atom stereocenters. The Morgan fingerprint density at radius 1 is 1.19 bits per heavy atom. The summed E-state index contributed by atoms with van der Waals surface area (Å²) in [6.45, 7) is 4.21. The fraction of sp³-hybridized carbons (Fsp3) is 0.538. The number of esters is 1. The molecule has 0 spiro atoms. The number of carbonyl (C=O) groups excluding carboxylic acids is 3. The lowest BCUT2D eigenvalue weighted by Gasteiger charge is -2.32. The molecule has 11 heteroatoms. The molecule has 2 aliphatic rings. The minimum atomic E-state index is -0.355. The third kappa shape index (κ3) is 7.03. The van der Waals surface area contributed by atoms with Crippen molar-refractivity contribution in [1.29, 1.82) is 0 Å². The van der Waals surface area contributed by atoms with E-state index in [0.29, 0.717) is 60.6 Å². The second kappa shape index (κ2) is 12.8. The van der Waals surface area contributed by atoms with Crippen molar-refractivity contribution >= 4 is 41.0 Å². The molecule has 3 heterocycles. The van der Waals surface area contributed by atoms with Gasteiger partial charge in [-0.1, -0.05) is 28.4 Å².